The summed E-state index contributed by atoms with van der Waals surface area (Å²) in [6.45, 7) is 5.13. The maximum absolute atomic E-state index is 10.6. The number of non-ortho nitro benzene ring substituents is 1. The van der Waals surface area contributed by atoms with Crippen LogP contribution >= 0.6 is 0 Å². The minimum absolute atomic E-state index is 0.0264. The zero-order valence-corrected chi connectivity index (χ0v) is 15.1. The lowest BCUT2D eigenvalue weighted by atomic mass is 10.2. The molecule has 7 heteroatoms. The molecule has 1 atom stereocenters. The van der Waals surface area contributed by atoms with Gasteiger partial charge in [0.15, 0.2) is 0 Å². The molecule has 2 rings (SSSR count). The Balaban J connectivity index is 2.08. The summed E-state index contributed by atoms with van der Waals surface area (Å²) in [6, 6.07) is 13.6. The van der Waals surface area contributed by atoms with Gasteiger partial charge in [0.25, 0.3) is 5.69 Å². The second kappa shape index (κ2) is 9.62. The molecule has 7 nitrogen and oxygen atoms in total. The fourth-order valence-electron chi connectivity index (χ4n) is 2.50. The van der Waals surface area contributed by atoms with Gasteiger partial charge in [-0.2, -0.15) is 10.2 Å². The minimum Gasteiger partial charge on any atom is -0.394 e. The third-order valence-electron chi connectivity index (χ3n) is 4.07. The number of unbranched alkanes of at least 4 members (excludes halogenated alkanes) is 1. The lowest BCUT2D eigenvalue weighted by Crippen LogP contribution is -2.36. The number of nitro benzene ring substituents is 1. The molecule has 138 valence electrons. The largest absolute Gasteiger partial charge is 0.394 e. The van der Waals surface area contributed by atoms with E-state index in [4.69, 9.17) is 0 Å². The van der Waals surface area contributed by atoms with Crippen LogP contribution in [0.1, 0.15) is 26.7 Å². The van der Waals surface area contributed by atoms with Crippen LogP contribution in [0.4, 0.5) is 22.7 Å². The number of aliphatic hydroxyl groups excluding tert-OH is 1. The average molecular weight is 356 g/mol. The molecule has 0 fully saturated rings. The van der Waals surface area contributed by atoms with Crippen molar-refractivity contribution in [2.45, 2.75) is 32.7 Å². The smallest absolute Gasteiger partial charge is 0.269 e. The Bertz CT molecular complexity index is 729. The van der Waals surface area contributed by atoms with Crippen molar-refractivity contribution in [2.75, 3.05) is 18.1 Å². The number of nitro groups is 1. The Morgan fingerprint density at radius 1 is 1.08 bits per heavy atom. The van der Waals surface area contributed by atoms with Crippen LogP contribution in [0.15, 0.2) is 58.8 Å². The molecule has 0 saturated carbocycles. The van der Waals surface area contributed by atoms with E-state index in [2.05, 4.69) is 22.1 Å². The van der Waals surface area contributed by atoms with Crippen molar-refractivity contribution in [2.24, 2.45) is 10.2 Å². The van der Waals surface area contributed by atoms with Crippen LogP contribution in [0.3, 0.4) is 0 Å². The summed E-state index contributed by atoms with van der Waals surface area (Å²) in [5.74, 6) is 0. The van der Waals surface area contributed by atoms with Gasteiger partial charge in [0.05, 0.1) is 22.9 Å². The number of aliphatic hydroxyl groups is 1. The third-order valence-corrected chi connectivity index (χ3v) is 4.07. The van der Waals surface area contributed by atoms with Gasteiger partial charge in [0.2, 0.25) is 0 Å². The monoisotopic (exact) mass is 356 g/mol. The highest BCUT2D eigenvalue weighted by molar-refractivity contribution is 5.53. The van der Waals surface area contributed by atoms with Gasteiger partial charge < -0.3 is 10.0 Å². The lowest BCUT2D eigenvalue weighted by molar-refractivity contribution is -0.384. The van der Waals surface area contributed by atoms with Crippen LogP contribution < -0.4 is 4.90 Å². The van der Waals surface area contributed by atoms with Crippen molar-refractivity contribution in [1.29, 1.82) is 0 Å². The molecule has 0 bridgehead atoms. The highest BCUT2D eigenvalue weighted by Crippen LogP contribution is 2.24. The number of azo groups is 1. The molecule has 0 aliphatic rings. The van der Waals surface area contributed by atoms with Crippen LogP contribution in [-0.2, 0) is 0 Å². The molecule has 0 aliphatic heterocycles. The van der Waals surface area contributed by atoms with E-state index in [9.17, 15) is 15.2 Å². The van der Waals surface area contributed by atoms with E-state index in [1.807, 2.05) is 31.2 Å². The summed E-state index contributed by atoms with van der Waals surface area (Å²) in [7, 11) is 0. The molecule has 2 aromatic rings. The molecule has 0 aromatic heterocycles. The number of nitrogens with zero attached hydrogens (tertiary/aromatic N) is 4. The van der Waals surface area contributed by atoms with Crippen molar-refractivity contribution in [3.05, 3.63) is 58.6 Å². The molecular weight excluding hydrogens is 332 g/mol. The lowest BCUT2D eigenvalue weighted by Gasteiger charge is -2.30. The summed E-state index contributed by atoms with van der Waals surface area (Å²) in [5.41, 5.74) is 2.31. The second-order valence-electron chi connectivity index (χ2n) is 6.07. The Labute approximate surface area is 153 Å². The average Bonchev–Trinajstić information content (AvgIpc) is 2.67. The number of hydrogen-bond acceptors (Lipinski definition) is 6. The van der Waals surface area contributed by atoms with Gasteiger partial charge in [-0.3, -0.25) is 10.1 Å². The zero-order chi connectivity index (χ0) is 18.9. The Kier molecular flexibility index (Phi) is 7.23. The van der Waals surface area contributed by atoms with Gasteiger partial charge in [0.1, 0.15) is 0 Å². The van der Waals surface area contributed by atoms with E-state index in [1.165, 1.54) is 12.1 Å². The first kappa shape index (κ1) is 19.5. The summed E-state index contributed by atoms with van der Waals surface area (Å²) in [6.07, 6.45) is 2.15. The Morgan fingerprint density at radius 2 is 1.62 bits per heavy atom. The van der Waals surface area contributed by atoms with E-state index in [-0.39, 0.29) is 18.3 Å². The maximum Gasteiger partial charge on any atom is 0.269 e. The predicted molar refractivity (Wildman–Crippen MR) is 103 cm³/mol. The highest BCUT2D eigenvalue weighted by atomic mass is 16.6. The standard InChI is InChI=1S/C19H24N4O3/c1-3-4-13-22(15(2)14-24)18-9-5-16(6-10-18)20-21-17-7-11-19(12-8-17)23(25)26/h5-12,15,24H,3-4,13-14H2,1-2H3/b21-20+. The number of hydrogen-bond donors (Lipinski definition) is 1. The topological polar surface area (TPSA) is 91.3 Å². The minimum atomic E-state index is -0.447. The third kappa shape index (κ3) is 5.35. The Hall–Kier alpha value is -2.80. The van der Waals surface area contributed by atoms with Crippen LogP contribution in [0.25, 0.3) is 0 Å². The van der Waals surface area contributed by atoms with E-state index in [0.29, 0.717) is 11.4 Å². The van der Waals surface area contributed by atoms with E-state index >= 15 is 0 Å². The van der Waals surface area contributed by atoms with Gasteiger partial charge in [-0.1, -0.05) is 13.3 Å². The van der Waals surface area contributed by atoms with E-state index in [1.54, 1.807) is 12.1 Å². The first-order chi connectivity index (χ1) is 12.5. The zero-order valence-electron chi connectivity index (χ0n) is 15.1. The van der Waals surface area contributed by atoms with E-state index < -0.39 is 4.92 Å². The fourth-order valence-corrected chi connectivity index (χ4v) is 2.50. The van der Waals surface area contributed by atoms with Gasteiger partial charge in [0, 0.05) is 30.4 Å². The Morgan fingerprint density at radius 3 is 2.08 bits per heavy atom. The molecule has 0 aliphatic carbocycles. The van der Waals surface area contributed by atoms with Crippen molar-refractivity contribution in [3.63, 3.8) is 0 Å². The number of anilines is 1. The quantitative estimate of drug-likeness (QED) is 0.389. The maximum atomic E-state index is 10.6. The van der Waals surface area contributed by atoms with Crippen LogP contribution in [0.2, 0.25) is 0 Å². The first-order valence-electron chi connectivity index (χ1n) is 8.69. The van der Waals surface area contributed by atoms with Crippen molar-refractivity contribution in [3.8, 4) is 0 Å². The summed E-state index contributed by atoms with van der Waals surface area (Å²) in [4.78, 5) is 12.4. The molecular formula is C19H24N4O3. The number of benzene rings is 2. The van der Waals surface area contributed by atoms with Crippen molar-refractivity contribution in [1.82, 2.24) is 0 Å². The van der Waals surface area contributed by atoms with Gasteiger partial charge in [-0.15, -0.1) is 0 Å². The van der Waals surface area contributed by atoms with Gasteiger partial charge in [-0.05, 0) is 49.7 Å². The SMILES string of the molecule is CCCCN(c1ccc(/N=N/c2ccc([N+](=O)[O-])cc2)cc1)C(C)CO. The van der Waals surface area contributed by atoms with Crippen molar-refractivity contribution >= 4 is 22.7 Å². The molecule has 0 heterocycles. The number of rotatable bonds is 9. The molecule has 0 radical (unpaired) electrons. The van der Waals surface area contributed by atoms with Gasteiger partial charge in [-0.25, -0.2) is 0 Å². The predicted octanol–water partition coefficient (Wildman–Crippen LogP) is 5.00. The van der Waals surface area contributed by atoms with Crippen LogP contribution in [0.5, 0.6) is 0 Å². The molecule has 0 saturated heterocycles. The molecule has 1 unspecified atom stereocenters. The molecule has 26 heavy (non-hydrogen) atoms. The summed E-state index contributed by atoms with van der Waals surface area (Å²) >= 11 is 0. The summed E-state index contributed by atoms with van der Waals surface area (Å²) < 4.78 is 0. The molecule has 2 aromatic carbocycles. The van der Waals surface area contributed by atoms with Gasteiger partial charge >= 0.3 is 0 Å². The normalized spacial score (nSPS) is 12.3. The fraction of sp³-hybridized carbons (Fsp3) is 0.368. The first-order valence-corrected chi connectivity index (χ1v) is 8.69. The molecule has 0 spiro atoms. The molecule has 1 N–H and O–H groups in total. The highest BCUT2D eigenvalue weighted by Gasteiger charge is 2.13. The molecule has 0 amide bonds. The van der Waals surface area contributed by atoms with Crippen molar-refractivity contribution < 1.29 is 10.0 Å². The summed E-state index contributed by atoms with van der Waals surface area (Å²) in [5, 5.41) is 28.4. The van der Waals surface area contributed by atoms with Crippen LogP contribution in [-0.4, -0.2) is 29.2 Å². The van der Waals surface area contributed by atoms with Crippen LogP contribution in [0, 0.1) is 10.1 Å². The van der Waals surface area contributed by atoms with E-state index in [0.717, 1.165) is 25.1 Å². The second-order valence-corrected chi connectivity index (χ2v) is 6.07.